The number of nitrogens with one attached hydrogen (secondary N) is 2. The van der Waals surface area contributed by atoms with Gasteiger partial charge in [0.1, 0.15) is 0 Å². The number of ether oxygens (including phenoxy) is 1. The summed E-state index contributed by atoms with van der Waals surface area (Å²) in [6.45, 7) is 6.44. The molecule has 12 nitrogen and oxygen atoms in total. The van der Waals surface area contributed by atoms with Gasteiger partial charge in [-0.1, -0.05) is 23.2 Å². The lowest BCUT2D eigenvalue weighted by molar-refractivity contribution is -0.120. The van der Waals surface area contributed by atoms with E-state index in [1.54, 1.807) is 18.5 Å². The number of halogens is 2. The second kappa shape index (κ2) is 15.4. The minimum absolute atomic E-state index is 0.193. The zero-order valence-electron chi connectivity index (χ0n) is 24.4. The summed E-state index contributed by atoms with van der Waals surface area (Å²) in [6, 6.07) is 9.28. The Morgan fingerprint density at radius 3 is 2.36 bits per heavy atom. The molecule has 1 aromatic carbocycles. The minimum Gasteiger partial charge on any atom is -0.436 e. The normalized spacial score (nSPS) is 17.4. The molecule has 0 radical (unpaired) electrons. The van der Waals surface area contributed by atoms with Gasteiger partial charge in [-0.05, 0) is 68.7 Å². The molecule has 236 valence electrons. The van der Waals surface area contributed by atoms with Crippen molar-refractivity contribution < 1.29 is 18.3 Å². The number of piperazine rings is 1. The second-order valence-electron chi connectivity index (χ2n) is 11.1. The van der Waals surface area contributed by atoms with Crippen LogP contribution in [0.5, 0.6) is 11.6 Å². The fraction of sp³-hybridized carbons (Fsp3) is 0.448. The smallest absolute Gasteiger partial charge is 0.235 e. The molecular formula is C29H36Cl2N8O4S. The number of aromatic nitrogens is 3. The summed E-state index contributed by atoms with van der Waals surface area (Å²) in [5.74, 6) is 1.63. The van der Waals surface area contributed by atoms with Crippen molar-refractivity contribution in [3.63, 3.8) is 0 Å². The SMILES string of the molecule is CN1CCN(c2ncc(Oc3cc(CN4CCC(CNC(=O)CNS(=O)O)CC4)cc(-c4cc(Cl)cc(Cl)c4)n3)cn2)CC1. The lowest BCUT2D eigenvalue weighted by atomic mass is 9.96. The lowest BCUT2D eigenvalue weighted by Gasteiger charge is -2.32. The molecule has 44 heavy (non-hydrogen) atoms. The van der Waals surface area contributed by atoms with E-state index in [4.69, 9.17) is 37.5 Å². The number of rotatable bonds is 11. The third-order valence-electron chi connectivity index (χ3n) is 7.70. The molecule has 1 atom stereocenters. The van der Waals surface area contributed by atoms with E-state index in [0.29, 0.717) is 52.3 Å². The van der Waals surface area contributed by atoms with E-state index in [9.17, 15) is 9.00 Å². The van der Waals surface area contributed by atoms with Gasteiger partial charge in [-0.25, -0.2) is 23.9 Å². The van der Waals surface area contributed by atoms with Crippen LogP contribution in [0.15, 0.2) is 42.7 Å². The van der Waals surface area contributed by atoms with E-state index in [0.717, 1.165) is 63.2 Å². The van der Waals surface area contributed by atoms with E-state index >= 15 is 0 Å². The maximum atomic E-state index is 11.9. The van der Waals surface area contributed by atoms with Gasteiger partial charge in [-0.2, -0.15) is 0 Å². The molecule has 1 amide bonds. The van der Waals surface area contributed by atoms with Gasteiger partial charge in [0.2, 0.25) is 29.0 Å². The number of likely N-dealkylation sites (tertiary alicyclic amines) is 1. The van der Waals surface area contributed by atoms with Gasteiger partial charge in [-0.3, -0.25) is 14.2 Å². The topological polar surface area (TPSA) is 136 Å². The highest BCUT2D eigenvalue weighted by Crippen LogP contribution is 2.31. The van der Waals surface area contributed by atoms with Gasteiger partial charge in [0.15, 0.2) is 5.75 Å². The Labute approximate surface area is 269 Å². The summed E-state index contributed by atoms with van der Waals surface area (Å²) in [5, 5.41) is 3.87. The molecule has 4 heterocycles. The molecule has 2 aromatic heterocycles. The third kappa shape index (κ3) is 9.54. The summed E-state index contributed by atoms with van der Waals surface area (Å²) < 4.78 is 27.8. The largest absolute Gasteiger partial charge is 0.436 e. The number of hydrogen-bond acceptors (Lipinski definition) is 9. The van der Waals surface area contributed by atoms with Gasteiger partial charge in [-0.15, -0.1) is 0 Å². The number of nitrogens with zero attached hydrogens (tertiary/aromatic N) is 6. The quantitative estimate of drug-likeness (QED) is 0.262. The van der Waals surface area contributed by atoms with Crippen LogP contribution in [0.3, 0.4) is 0 Å². The summed E-state index contributed by atoms with van der Waals surface area (Å²) in [4.78, 5) is 32.5. The first-order valence-corrected chi connectivity index (χ1v) is 16.3. The summed E-state index contributed by atoms with van der Waals surface area (Å²) in [6.07, 6.45) is 5.19. The summed E-state index contributed by atoms with van der Waals surface area (Å²) in [7, 11) is 2.11. The standard InChI is InChI=1S/C29H36Cl2N8O4S/c1-37-6-8-39(9-7-37)29-33-16-25(17-34-29)43-28-11-21(10-26(36-28)22-12-23(30)14-24(31)13-22)19-38-4-2-20(3-5-38)15-32-27(40)18-35-44(41)42/h10-14,16-17,20,35H,2-9,15,18-19H2,1H3,(H,32,40)(H,41,42). The van der Waals surface area contributed by atoms with Crippen molar-refractivity contribution in [1.29, 1.82) is 0 Å². The van der Waals surface area contributed by atoms with Crippen molar-refractivity contribution in [2.75, 3.05) is 64.3 Å². The highest BCUT2D eigenvalue weighted by Gasteiger charge is 2.21. The van der Waals surface area contributed by atoms with Gasteiger partial charge >= 0.3 is 0 Å². The number of carbonyl (C=O) groups excluding carboxylic acids is 1. The van der Waals surface area contributed by atoms with Gasteiger partial charge in [0.25, 0.3) is 0 Å². The van der Waals surface area contributed by atoms with Gasteiger partial charge < -0.3 is 19.9 Å². The predicted molar refractivity (Wildman–Crippen MR) is 171 cm³/mol. The number of anilines is 1. The first kappa shape index (κ1) is 32.5. The Morgan fingerprint density at radius 1 is 1.02 bits per heavy atom. The van der Waals surface area contributed by atoms with Crippen LogP contribution in [0.2, 0.25) is 10.0 Å². The van der Waals surface area contributed by atoms with Gasteiger partial charge in [0.05, 0.1) is 24.6 Å². The monoisotopic (exact) mass is 662 g/mol. The molecule has 2 saturated heterocycles. The van der Waals surface area contributed by atoms with E-state index in [2.05, 4.69) is 41.8 Å². The van der Waals surface area contributed by atoms with E-state index in [1.165, 1.54) is 0 Å². The van der Waals surface area contributed by atoms with Crippen LogP contribution in [0.25, 0.3) is 11.3 Å². The molecule has 2 aliphatic heterocycles. The van der Waals surface area contributed by atoms with Crippen molar-refractivity contribution in [1.82, 2.24) is 34.8 Å². The predicted octanol–water partition coefficient (Wildman–Crippen LogP) is 3.44. The highest BCUT2D eigenvalue weighted by atomic mass is 35.5. The van der Waals surface area contributed by atoms with Crippen molar-refractivity contribution in [2.45, 2.75) is 19.4 Å². The molecule has 15 heteroatoms. The van der Waals surface area contributed by atoms with Crippen molar-refractivity contribution >= 4 is 46.3 Å². The molecule has 2 aliphatic rings. The molecule has 3 N–H and O–H groups in total. The minimum atomic E-state index is -2.21. The van der Waals surface area contributed by atoms with E-state index in [-0.39, 0.29) is 12.5 Å². The number of likely N-dealkylation sites (N-methyl/N-ethyl adjacent to an activating group) is 1. The number of pyridine rings is 1. The Balaban J connectivity index is 1.25. The Morgan fingerprint density at radius 2 is 1.70 bits per heavy atom. The number of benzene rings is 1. The first-order chi connectivity index (χ1) is 21.2. The zero-order chi connectivity index (χ0) is 31.1. The average Bonchev–Trinajstić information content (AvgIpc) is 3.00. The number of piperidine rings is 1. The molecule has 1 unspecified atom stereocenters. The molecular weight excluding hydrogens is 627 g/mol. The highest BCUT2D eigenvalue weighted by molar-refractivity contribution is 7.77. The molecule has 0 aliphatic carbocycles. The fourth-order valence-corrected chi connectivity index (χ4v) is 6.04. The summed E-state index contributed by atoms with van der Waals surface area (Å²) in [5.41, 5.74) is 2.49. The van der Waals surface area contributed by atoms with Crippen LogP contribution in [0.4, 0.5) is 5.95 Å². The fourth-order valence-electron chi connectivity index (χ4n) is 5.26. The van der Waals surface area contributed by atoms with Crippen LogP contribution in [0, 0.1) is 5.92 Å². The van der Waals surface area contributed by atoms with Crippen LogP contribution in [-0.2, 0) is 22.6 Å². The molecule has 2 fully saturated rings. The van der Waals surface area contributed by atoms with Crippen LogP contribution in [0.1, 0.15) is 18.4 Å². The molecule has 3 aromatic rings. The molecule has 0 saturated carbocycles. The average molecular weight is 664 g/mol. The number of hydrogen-bond donors (Lipinski definition) is 3. The van der Waals surface area contributed by atoms with Crippen LogP contribution >= 0.6 is 23.2 Å². The van der Waals surface area contributed by atoms with Crippen LogP contribution in [-0.4, -0.2) is 98.8 Å². The first-order valence-electron chi connectivity index (χ1n) is 14.4. The molecule has 0 bridgehead atoms. The lowest BCUT2D eigenvalue weighted by Crippen LogP contribution is -2.45. The summed E-state index contributed by atoms with van der Waals surface area (Å²) >= 11 is 10.4. The van der Waals surface area contributed by atoms with Crippen molar-refractivity contribution in [3.8, 4) is 22.9 Å². The van der Waals surface area contributed by atoms with Crippen molar-refractivity contribution in [2.24, 2.45) is 5.92 Å². The molecule has 5 rings (SSSR count). The maximum Gasteiger partial charge on any atom is 0.235 e. The van der Waals surface area contributed by atoms with E-state index in [1.807, 2.05) is 24.3 Å². The Bertz CT molecular complexity index is 1430. The zero-order valence-corrected chi connectivity index (χ0v) is 26.7. The number of carbonyl (C=O) groups is 1. The Hall–Kier alpha value is -2.91. The Kier molecular flexibility index (Phi) is 11.4. The molecule has 0 spiro atoms. The van der Waals surface area contributed by atoms with E-state index < -0.39 is 11.3 Å². The van der Waals surface area contributed by atoms with Crippen molar-refractivity contribution in [3.05, 3.63) is 58.3 Å². The van der Waals surface area contributed by atoms with Gasteiger partial charge in [0, 0.05) is 60.9 Å². The van der Waals surface area contributed by atoms with Crippen LogP contribution < -0.4 is 19.7 Å². The second-order valence-corrected chi connectivity index (χ2v) is 12.7. The number of amides is 1. The maximum absolute atomic E-state index is 11.9. The third-order valence-corrected chi connectivity index (χ3v) is 8.53.